The molecular weight excluding hydrogens is 287 g/mol. The van der Waals surface area contributed by atoms with E-state index < -0.39 is 23.1 Å². The van der Waals surface area contributed by atoms with Crippen molar-refractivity contribution in [2.45, 2.75) is 26.9 Å². The Balaban J connectivity index is 0.00000106. The smallest absolute Gasteiger partial charge is 0.296 e. The van der Waals surface area contributed by atoms with Crippen LogP contribution in [0.25, 0.3) is 10.9 Å². The molecule has 0 atom stereocenters. The third-order valence-electron chi connectivity index (χ3n) is 2.92. The Labute approximate surface area is 118 Å². The van der Waals surface area contributed by atoms with Gasteiger partial charge in [-0.25, -0.2) is 9.78 Å². The van der Waals surface area contributed by atoms with E-state index in [9.17, 15) is 22.8 Å². The van der Waals surface area contributed by atoms with E-state index in [0.29, 0.717) is 6.07 Å². The van der Waals surface area contributed by atoms with Gasteiger partial charge in [-0.1, -0.05) is 13.8 Å². The molecule has 0 aromatic carbocycles. The number of rotatable bonds is 0. The summed E-state index contributed by atoms with van der Waals surface area (Å²) in [7, 11) is 2.57. The van der Waals surface area contributed by atoms with E-state index in [2.05, 4.69) is 4.98 Å². The number of aryl methyl sites for hydroxylation is 2. The van der Waals surface area contributed by atoms with Gasteiger partial charge in [0.1, 0.15) is 5.69 Å². The van der Waals surface area contributed by atoms with Crippen molar-refractivity contribution in [3.63, 3.8) is 0 Å². The van der Waals surface area contributed by atoms with Gasteiger partial charge in [-0.05, 0) is 13.0 Å². The predicted molar refractivity (Wildman–Crippen MR) is 73.3 cm³/mol. The molecule has 0 amide bonds. The summed E-state index contributed by atoms with van der Waals surface area (Å²) in [6.45, 7) is 5.31. The van der Waals surface area contributed by atoms with Crippen molar-refractivity contribution in [2.24, 2.45) is 14.1 Å². The lowest BCUT2D eigenvalue weighted by Gasteiger charge is -2.12. The number of halogens is 3. The quantitative estimate of drug-likeness (QED) is 0.748. The molecule has 0 bridgehead atoms. The maximum absolute atomic E-state index is 12.7. The zero-order chi connectivity index (χ0) is 16.5. The van der Waals surface area contributed by atoms with Crippen LogP contribution in [0.3, 0.4) is 0 Å². The molecule has 5 nitrogen and oxygen atoms in total. The maximum Gasteiger partial charge on any atom is 0.433 e. The zero-order valence-corrected chi connectivity index (χ0v) is 12.4. The molecular formula is C13H16F3N3O2. The number of nitrogens with zero attached hydrogens (tertiary/aromatic N) is 3. The van der Waals surface area contributed by atoms with E-state index in [4.69, 9.17) is 0 Å². The van der Waals surface area contributed by atoms with E-state index in [0.717, 1.165) is 9.13 Å². The van der Waals surface area contributed by atoms with Gasteiger partial charge in [-0.2, -0.15) is 13.2 Å². The molecule has 0 aliphatic rings. The van der Waals surface area contributed by atoms with Gasteiger partial charge in [-0.15, -0.1) is 0 Å². The number of fused-ring (bicyclic) bond motifs is 1. The molecule has 0 unspecified atom stereocenters. The number of pyridine rings is 1. The third-order valence-corrected chi connectivity index (χ3v) is 2.92. The average molecular weight is 303 g/mol. The van der Waals surface area contributed by atoms with Crippen LogP contribution < -0.4 is 11.2 Å². The number of alkyl halides is 3. The Morgan fingerprint density at radius 2 is 1.62 bits per heavy atom. The molecule has 116 valence electrons. The van der Waals surface area contributed by atoms with Crippen molar-refractivity contribution in [3.8, 4) is 0 Å². The molecule has 0 aliphatic heterocycles. The standard InChI is InChI=1S/C11H10F3N3O2.C2H6/c1-5-8-6(4-7(15-5)11(12,13)14)16(2)10(19)17(3)9(8)18;1-2/h4H,1-3H3;1-2H3. The third kappa shape index (κ3) is 2.84. The number of hydrogen-bond donors (Lipinski definition) is 0. The summed E-state index contributed by atoms with van der Waals surface area (Å²) in [5, 5.41) is 0.0117. The first-order valence-electron chi connectivity index (χ1n) is 6.29. The van der Waals surface area contributed by atoms with Gasteiger partial charge in [0.25, 0.3) is 5.56 Å². The summed E-state index contributed by atoms with van der Waals surface area (Å²) in [4.78, 5) is 27.0. The molecule has 2 rings (SSSR count). The molecule has 0 radical (unpaired) electrons. The molecule has 0 saturated heterocycles. The van der Waals surface area contributed by atoms with Crippen LogP contribution in [0.15, 0.2) is 15.7 Å². The summed E-state index contributed by atoms with van der Waals surface area (Å²) in [6, 6.07) is 0.713. The molecule has 2 heterocycles. The number of hydrogen-bond acceptors (Lipinski definition) is 3. The van der Waals surface area contributed by atoms with Crippen LogP contribution in [-0.4, -0.2) is 14.1 Å². The Kier molecular flexibility index (Phi) is 4.60. The Bertz CT molecular complexity index is 788. The van der Waals surface area contributed by atoms with E-state index >= 15 is 0 Å². The first-order valence-corrected chi connectivity index (χ1v) is 6.29. The van der Waals surface area contributed by atoms with Crippen molar-refractivity contribution >= 4 is 10.9 Å². The van der Waals surface area contributed by atoms with Gasteiger partial charge >= 0.3 is 11.9 Å². The highest BCUT2D eigenvalue weighted by molar-refractivity contribution is 5.80. The topological polar surface area (TPSA) is 56.9 Å². The normalized spacial score (nSPS) is 11.2. The van der Waals surface area contributed by atoms with Gasteiger partial charge in [0.2, 0.25) is 0 Å². The van der Waals surface area contributed by atoms with E-state index in [1.165, 1.54) is 21.0 Å². The highest BCUT2D eigenvalue weighted by atomic mass is 19.4. The van der Waals surface area contributed by atoms with Gasteiger partial charge in [0.15, 0.2) is 0 Å². The second-order valence-corrected chi connectivity index (χ2v) is 4.19. The molecule has 2 aromatic rings. The molecule has 0 aliphatic carbocycles. The van der Waals surface area contributed by atoms with Crippen molar-refractivity contribution in [1.82, 2.24) is 14.1 Å². The average Bonchev–Trinajstić information content (AvgIpc) is 2.43. The highest BCUT2D eigenvalue weighted by Crippen LogP contribution is 2.29. The van der Waals surface area contributed by atoms with Crippen molar-refractivity contribution in [2.75, 3.05) is 0 Å². The molecule has 0 N–H and O–H groups in total. The van der Waals surface area contributed by atoms with Gasteiger partial charge in [-0.3, -0.25) is 13.9 Å². The van der Waals surface area contributed by atoms with Gasteiger partial charge < -0.3 is 0 Å². The summed E-state index contributed by atoms with van der Waals surface area (Å²) >= 11 is 0. The summed E-state index contributed by atoms with van der Waals surface area (Å²) in [5.41, 5.74) is -2.59. The van der Waals surface area contributed by atoms with E-state index in [1.807, 2.05) is 13.8 Å². The maximum atomic E-state index is 12.7. The fourth-order valence-electron chi connectivity index (χ4n) is 1.91. The van der Waals surface area contributed by atoms with Crippen molar-refractivity contribution < 1.29 is 13.2 Å². The van der Waals surface area contributed by atoms with E-state index in [-0.39, 0.29) is 16.6 Å². The lowest BCUT2D eigenvalue weighted by Crippen LogP contribution is -2.37. The molecule has 0 fully saturated rings. The highest BCUT2D eigenvalue weighted by Gasteiger charge is 2.33. The molecule has 2 aromatic heterocycles. The Morgan fingerprint density at radius 3 is 2.10 bits per heavy atom. The van der Waals surface area contributed by atoms with E-state index in [1.54, 1.807) is 0 Å². The first kappa shape index (κ1) is 16.9. The largest absolute Gasteiger partial charge is 0.433 e. The van der Waals surface area contributed by atoms with Crippen LogP contribution in [-0.2, 0) is 20.3 Å². The van der Waals surface area contributed by atoms with Gasteiger partial charge in [0, 0.05) is 14.1 Å². The SMILES string of the molecule is CC.Cc1nc(C(F)(F)F)cc2c1c(=O)n(C)c(=O)n2C. The first-order chi connectivity index (χ1) is 9.64. The minimum absolute atomic E-state index is 0.0117. The van der Waals surface area contributed by atoms with Crippen LogP contribution in [0.1, 0.15) is 25.2 Å². The summed E-state index contributed by atoms with van der Waals surface area (Å²) < 4.78 is 39.9. The Hall–Kier alpha value is -2.12. The van der Waals surface area contributed by atoms with Crippen molar-refractivity contribution in [3.05, 3.63) is 38.3 Å². The molecule has 0 spiro atoms. The summed E-state index contributed by atoms with van der Waals surface area (Å²) in [6.07, 6.45) is -4.63. The molecule has 0 saturated carbocycles. The van der Waals surface area contributed by atoms with Crippen molar-refractivity contribution in [1.29, 1.82) is 0 Å². The zero-order valence-electron chi connectivity index (χ0n) is 12.4. The second-order valence-electron chi connectivity index (χ2n) is 4.19. The second kappa shape index (κ2) is 5.71. The fraction of sp³-hybridized carbons (Fsp3) is 0.462. The monoisotopic (exact) mass is 303 g/mol. The predicted octanol–water partition coefficient (Wildman–Crippen LogP) is 1.99. The number of aromatic nitrogens is 3. The van der Waals surface area contributed by atoms with Crippen LogP contribution in [0, 0.1) is 6.92 Å². The molecule has 21 heavy (non-hydrogen) atoms. The van der Waals surface area contributed by atoms with Crippen LogP contribution in [0.4, 0.5) is 13.2 Å². The minimum Gasteiger partial charge on any atom is -0.296 e. The fourth-order valence-corrected chi connectivity index (χ4v) is 1.91. The lowest BCUT2D eigenvalue weighted by molar-refractivity contribution is -0.141. The van der Waals surface area contributed by atoms with Gasteiger partial charge in [0.05, 0.1) is 16.6 Å². The minimum atomic E-state index is -4.63. The lowest BCUT2D eigenvalue weighted by atomic mass is 10.2. The molecule has 8 heteroatoms. The van der Waals surface area contributed by atoms with Crippen LogP contribution >= 0.6 is 0 Å². The van der Waals surface area contributed by atoms with Crippen LogP contribution in [0.5, 0.6) is 0 Å². The summed E-state index contributed by atoms with van der Waals surface area (Å²) in [5.74, 6) is 0. The Morgan fingerprint density at radius 1 is 1.10 bits per heavy atom. The van der Waals surface area contributed by atoms with Crippen LogP contribution in [0.2, 0.25) is 0 Å².